The molecule has 3 N–H and O–H groups in total. The first-order valence-electron chi connectivity index (χ1n) is 11.0. The maximum Gasteiger partial charge on any atom is 0.306 e. The van der Waals surface area contributed by atoms with Crippen molar-refractivity contribution in [2.45, 2.75) is 38.6 Å². The smallest absolute Gasteiger partial charge is 0.306 e. The number of carboxylic acid groups (broad SMARTS) is 1. The quantitative estimate of drug-likeness (QED) is 0.500. The summed E-state index contributed by atoms with van der Waals surface area (Å²) in [5.74, 6) is -0.244. The van der Waals surface area contributed by atoms with Crippen molar-refractivity contribution in [3.8, 4) is 11.8 Å². The largest absolute Gasteiger partial charge is 0.496 e. The third-order valence-electron chi connectivity index (χ3n) is 6.18. The van der Waals surface area contributed by atoms with Crippen molar-refractivity contribution >= 4 is 29.2 Å². The summed E-state index contributed by atoms with van der Waals surface area (Å²) in [6.07, 6.45) is 2.91. The molecule has 2 aromatic carbocycles. The summed E-state index contributed by atoms with van der Waals surface area (Å²) < 4.78 is 5.41. The number of nitrogens with zero attached hydrogens (tertiary/aromatic N) is 1. The zero-order chi connectivity index (χ0) is 24.0. The van der Waals surface area contributed by atoms with Gasteiger partial charge in [0.15, 0.2) is 0 Å². The average molecular weight is 470 g/mol. The van der Waals surface area contributed by atoms with Gasteiger partial charge in [-0.2, -0.15) is 5.26 Å². The number of nitrogens with one attached hydrogen (secondary N) is 2. The van der Waals surface area contributed by atoms with Crippen LogP contribution in [0.15, 0.2) is 36.4 Å². The summed E-state index contributed by atoms with van der Waals surface area (Å²) in [5, 5.41) is 25.0. The minimum atomic E-state index is -0.730. The van der Waals surface area contributed by atoms with Crippen LogP contribution in [0.3, 0.4) is 0 Å². The molecule has 0 heterocycles. The molecule has 1 saturated carbocycles. The lowest BCUT2D eigenvalue weighted by molar-refractivity contribution is -0.143. The zero-order valence-corrected chi connectivity index (χ0v) is 19.5. The Balaban J connectivity index is 1.60. The molecule has 33 heavy (non-hydrogen) atoms. The number of rotatable bonds is 8. The molecule has 1 amide bonds. The van der Waals surface area contributed by atoms with E-state index in [1.165, 1.54) is 0 Å². The van der Waals surface area contributed by atoms with Gasteiger partial charge in [0, 0.05) is 17.7 Å². The average Bonchev–Trinajstić information content (AvgIpc) is 2.83. The number of hydrogen-bond donors (Lipinski definition) is 3. The third kappa shape index (κ3) is 6.17. The molecule has 0 aromatic heterocycles. The van der Waals surface area contributed by atoms with E-state index in [1.807, 2.05) is 6.92 Å². The van der Waals surface area contributed by atoms with Gasteiger partial charge in [-0.15, -0.1) is 0 Å². The lowest BCUT2D eigenvalue weighted by atomic mass is 9.82. The molecular formula is C25H28ClN3O4. The number of amides is 1. The van der Waals surface area contributed by atoms with Gasteiger partial charge in [-0.1, -0.05) is 11.6 Å². The van der Waals surface area contributed by atoms with E-state index in [0.29, 0.717) is 52.9 Å². The van der Waals surface area contributed by atoms with Crippen LogP contribution in [-0.2, 0) is 4.79 Å². The van der Waals surface area contributed by atoms with Gasteiger partial charge >= 0.3 is 5.97 Å². The Morgan fingerprint density at radius 1 is 1.21 bits per heavy atom. The number of anilines is 1. The number of carbonyl (C=O) groups excluding carboxylic acids is 1. The molecule has 2 aromatic rings. The Hall–Kier alpha value is -3.24. The lowest BCUT2D eigenvalue weighted by Crippen LogP contribution is -2.32. The van der Waals surface area contributed by atoms with Crippen LogP contribution in [0.2, 0.25) is 5.02 Å². The topological polar surface area (TPSA) is 111 Å². The van der Waals surface area contributed by atoms with Crippen molar-refractivity contribution in [2.24, 2.45) is 11.8 Å². The Bertz CT molecular complexity index is 1060. The number of nitriles is 1. The van der Waals surface area contributed by atoms with Crippen LogP contribution in [0.1, 0.15) is 60.1 Å². The van der Waals surface area contributed by atoms with E-state index in [-0.39, 0.29) is 17.9 Å². The first-order valence-corrected chi connectivity index (χ1v) is 11.3. The number of hydrogen-bond acceptors (Lipinski definition) is 5. The molecule has 8 heteroatoms. The van der Waals surface area contributed by atoms with Crippen molar-refractivity contribution in [3.63, 3.8) is 0 Å². The number of halogens is 1. The highest BCUT2D eigenvalue weighted by molar-refractivity contribution is 6.33. The van der Waals surface area contributed by atoms with Crippen LogP contribution in [0.5, 0.6) is 5.75 Å². The van der Waals surface area contributed by atoms with E-state index in [1.54, 1.807) is 43.5 Å². The Labute approximate surface area is 198 Å². The van der Waals surface area contributed by atoms with Crippen molar-refractivity contribution in [1.29, 1.82) is 5.26 Å². The highest BCUT2D eigenvalue weighted by atomic mass is 35.5. The van der Waals surface area contributed by atoms with Crippen molar-refractivity contribution in [3.05, 3.63) is 58.1 Å². The maximum atomic E-state index is 12.6. The zero-order valence-electron chi connectivity index (χ0n) is 18.7. The molecule has 0 aliphatic heterocycles. The molecule has 0 bridgehead atoms. The van der Waals surface area contributed by atoms with Gasteiger partial charge in [0.2, 0.25) is 0 Å². The predicted octanol–water partition coefficient (Wildman–Crippen LogP) is 5.01. The molecule has 0 spiro atoms. The van der Waals surface area contributed by atoms with E-state index < -0.39 is 5.97 Å². The van der Waals surface area contributed by atoms with Crippen LogP contribution in [0.4, 0.5) is 5.69 Å². The summed E-state index contributed by atoms with van der Waals surface area (Å²) in [5.41, 5.74) is 2.49. The van der Waals surface area contributed by atoms with Gasteiger partial charge in [-0.25, -0.2) is 0 Å². The predicted molar refractivity (Wildman–Crippen MR) is 127 cm³/mol. The third-order valence-corrected chi connectivity index (χ3v) is 6.49. The molecule has 0 unspecified atom stereocenters. The molecule has 1 aliphatic carbocycles. The molecule has 174 valence electrons. The first kappa shape index (κ1) is 24.4. The SMILES string of the molecule is COc1ccc(C#N)cc1[C@@H](C)Nc1ccc(C(=O)NCC2CCC(C(=O)O)CC2)cc1Cl. The summed E-state index contributed by atoms with van der Waals surface area (Å²) >= 11 is 6.45. The first-order chi connectivity index (χ1) is 15.8. The minimum Gasteiger partial charge on any atom is -0.496 e. The monoisotopic (exact) mass is 469 g/mol. The molecule has 1 aliphatic rings. The van der Waals surface area contributed by atoms with Crippen LogP contribution in [0, 0.1) is 23.2 Å². The highest BCUT2D eigenvalue weighted by Crippen LogP contribution is 2.32. The second-order valence-electron chi connectivity index (χ2n) is 8.40. The lowest BCUT2D eigenvalue weighted by Gasteiger charge is -2.26. The summed E-state index contributed by atoms with van der Waals surface area (Å²) in [6, 6.07) is 12.3. The molecule has 1 fully saturated rings. The molecule has 0 radical (unpaired) electrons. The molecule has 1 atom stereocenters. The van der Waals surface area contributed by atoms with Gasteiger partial charge in [0.05, 0.1) is 41.4 Å². The Morgan fingerprint density at radius 3 is 2.55 bits per heavy atom. The van der Waals surface area contributed by atoms with Gasteiger partial charge < -0.3 is 20.5 Å². The molecule has 0 saturated heterocycles. The number of aliphatic carboxylic acids is 1. The van der Waals surface area contributed by atoms with E-state index in [4.69, 9.17) is 21.4 Å². The van der Waals surface area contributed by atoms with Gasteiger partial charge in [-0.3, -0.25) is 9.59 Å². The fourth-order valence-electron chi connectivity index (χ4n) is 4.18. The fraction of sp³-hybridized carbons (Fsp3) is 0.400. The fourth-order valence-corrected chi connectivity index (χ4v) is 4.41. The van der Waals surface area contributed by atoms with E-state index in [2.05, 4.69) is 16.7 Å². The van der Waals surface area contributed by atoms with Crippen molar-refractivity contribution in [1.82, 2.24) is 5.32 Å². The minimum absolute atomic E-state index is 0.189. The standard InChI is InChI=1S/C25H28ClN3O4/c1-15(20-11-17(13-27)5-10-23(20)33-2)29-22-9-8-19(12-21(22)26)24(30)28-14-16-3-6-18(7-4-16)25(31)32/h5,8-12,15-16,18,29H,3-4,6-7,14H2,1-2H3,(H,28,30)(H,31,32)/t15-,16?,18?/m1/s1. The Morgan fingerprint density at radius 2 is 1.94 bits per heavy atom. The number of carbonyl (C=O) groups is 2. The van der Waals surface area contributed by atoms with Crippen molar-refractivity contribution in [2.75, 3.05) is 19.0 Å². The number of carboxylic acids is 1. The van der Waals surface area contributed by atoms with Crippen molar-refractivity contribution < 1.29 is 19.4 Å². The van der Waals surface area contributed by atoms with Crippen LogP contribution in [0.25, 0.3) is 0 Å². The van der Waals surface area contributed by atoms with E-state index in [0.717, 1.165) is 18.4 Å². The number of ether oxygens (including phenoxy) is 1. The summed E-state index contributed by atoms with van der Waals surface area (Å²) in [6.45, 7) is 2.46. The summed E-state index contributed by atoms with van der Waals surface area (Å²) in [4.78, 5) is 23.7. The Kier molecular flexibility index (Phi) is 8.18. The molecular weight excluding hydrogens is 442 g/mol. The normalized spacial score (nSPS) is 18.6. The van der Waals surface area contributed by atoms with E-state index in [9.17, 15) is 14.9 Å². The maximum absolute atomic E-state index is 12.6. The van der Waals surface area contributed by atoms with Crippen LogP contribution in [-0.4, -0.2) is 30.6 Å². The van der Waals surface area contributed by atoms with Crippen LogP contribution >= 0.6 is 11.6 Å². The number of benzene rings is 2. The van der Waals surface area contributed by atoms with Crippen LogP contribution < -0.4 is 15.4 Å². The van der Waals surface area contributed by atoms with E-state index >= 15 is 0 Å². The molecule has 7 nitrogen and oxygen atoms in total. The van der Waals surface area contributed by atoms with Gasteiger partial charge in [0.1, 0.15) is 5.75 Å². The summed E-state index contributed by atoms with van der Waals surface area (Å²) in [7, 11) is 1.58. The molecule has 3 rings (SSSR count). The second kappa shape index (κ2) is 11.1. The number of methoxy groups -OCH3 is 1. The van der Waals surface area contributed by atoms with Gasteiger partial charge in [0.25, 0.3) is 5.91 Å². The van der Waals surface area contributed by atoms with Gasteiger partial charge in [-0.05, 0) is 74.9 Å². The highest BCUT2D eigenvalue weighted by Gasteiger charge is 2.26. The second-order valence-corrected chi connectivity index (χ2v) is 8.80.